The van der Waals surface area contributed by atoms with Crippen LogP contribution >= 0.6 is 0 Å². The van der Waals surface area contributed by atoms with Crippen molar-refractivity contribution in [3.63, 3.8) is 0 Å². The fraction of sp³-hybridized carbons (Fsp3) is 0.500. The molecule has 0 aliphatic carbocycles. The summed E-state index contributed by atoms with van der Waals surface area (Å²) in [7, 11) is 1.76. The highest BCUT2D eigenvalue weighted by Crippen LogP contribution is 2.02. The number of nitrogens with zero attached hydrogens (tertiary/aromatic N) is 2. The third-order valence-corrected chi connectivity index (χ3v) is 2.36. The molecular weight excluding hydrogens is 224 g/mol. The first-order chi connectivity index (χ1) is 7.91. The van der Waals surface area contributed by atoms with E-state index in [9.17, 15) is 9.59 Å². The number of hydrogen-bond acceptors (Lipinski definition) is 4. The number of hydrogen-bond donors (Lipinski definition) is 3. The molecule has 0 spiro atoms. The van der Waals surface area contributed by atoms with Gasteiger partial charge in [0, 0.05) is 25.4 Å². The fourth-order valence-corrected chi connectivity index (χ4v) is 1.29. The fourth-order valence-electron chi connectivity index (χ4n) is 1.29. The van der Waals surface area contributed by atoms with Crippen molar-refractivity contribution in [1.29, 1.82) is 0 Å². The molecule has 0 aromatic carbocycles. The average Bonchev–Trinajstić information content (AvgIpc) is 2.62. The van der Waals surface area contributed by atoms with E-state index in [1.54, 1.807) is 24.1 Å². The summed E-state index contributed by atoms with van der Waals surface area (Å²) in [5.41, 5.74) is 6.09. The lowest BCUT2D eigenvalue weighted by Gasteiger charge is -2.16. The van der Waals surface area contributed by atoms with Gasteiger partial charge in [0.1, 0.15) is 6.04 Å². The molecule has 94 valence electrons. The van der Waals surface area contributed by atoms with Crippen LogP contribution < -0.4 is 11.1 Å². The molecule has 17 heavy (non-hydrogen) atoms. The van der Waals surface area contributed by atoms with Crippen molar-refractivity contribution in [3.05, 3.63) is 18.2 Å². The molecule has 0 fully saturated rings. The lowest BCUT2D eigenvalue weighted by molar-refractivity contribution is -0.141. The molecule has 0 aliphatic rings. The summed E-state index contributed by atoms with van der Waals surface area (Å²) >= 11 is 0. The first kappa shape index (κ1) is 13.2. The van der Waals surface area contributed by atoms with Gasteiger partial charge >= 0.3 is 5.97 Å². The minimum atomic E-state index is -1.10. The zero-order valence-electron chi connectivity index (χ0n) is 9.75. The number of carboxylic acid groups (broad SMARTS) is 1. The minimum absolute atomic E-state index is 0.171. The van der Waals surface area contributed by atoms with Crippen molar-refractivity contribution < 1.29 is 14.7 Å². The second kappa shape index (κ2) is 5.44. The van der Waals surface area contributed by atoms with Gasteiger partial charge in [-0.25, -0.2) is 9.78 Å². The van der Waals surface area contributed by atoms with Crippen LogP contribution in [-0.2, 0) is 23.1 Å². The monoisotopic (exact) mass is 240 g/mol. The molecular formula is C10H16N4O3. The number of imidazole rings is 1. The average molecular weight is 240 g/mol. The standard InChI is InChI=1S/C10H16N4O3/c1-6(11)9(15)13-8(10(16)17)3-7-4-12-5-14(7)2/h4-6,8H,3,11H2,1-2H3,(H,13,15)(H,16,17)/t6-,8-/m0/s1. The van der Waals surface area contributed by atoms with E-state index in [0.29, 0.717) is 0 Å². The molecule has 1 aromatic heterocycles. The zero-order chi connectivity index (χ0) is 13.0. The molecule has 4 N–H and O–H groups in total. The molecule has 1 rings (SSSR count). The Morgan fingerprint density at radius 3 is 2.71 bits per heavy atom. The normalized spacial score (nSPS) is 14.1. The Hall–Kier alpha value is -1.89. The number of aryl methyl sites for hydroxylation is 1. The molecule has 0 saturated carbocycles. The molecule has 2 atom stereocenters. The van der Waals surface area contributed by atoms with Crippen LogP contribution in [0.2, 0.25) is 0 Å². The van der Waals surface area contributed by atoms with E-state index in [4.69, 9.17) is 10.8 Å². The van der Waals surface area contributed by atoms with Gasteiger partial charge < -0.3 is 20.7 Å². The lowest BCUT2D eigenvalue weighted by Crippen LogP contribution is -2.48. The Morgan fingerprint density at radius 2 is 2.29 bits per heavy atom. The van der Waals surface area contributed by atoms with Crippen molar-refractivity contribution in [2.45, 2.75) is 25.4 Å². The van der Waals surface area contributed by atoms with Gasteiger partial charge in [0.2, 0.25) is 5.91 Å². The van der Waals surface area contributed by atoms with Gasteiger partial charge in [-0.3, -0.25) is 4.79 Å². The molecule has 0 saturated heterocycles. The largest absolute Gasteiger partial charge is 0.480 e. The molecule has 0 unspecified atom stereocenters. The number of carboxylic acids is 1. The van der Waals surface area contributed by atoms with Gasteiger partial charge in [-0.15, -0.1) is 0 Å². The summed E-state index contributed by atoms with van der Waals surface area (Å²) < 4.78 is 1.70. The van der Waals surface area contributed by atoms with Crippen LogP contribution in [0, 0.1) is 0 Å². The lowest BCUT2D eigenvalue weighted by atomic mass is 10.1. The van der Waals surface area contributed by atoms with Crippen LogP contribution in [0.25, 0.3) is 0 Å². The molecule has 0 radical (unpaired) electrons. The van der Waals surface area contributed by atoms with Gasteiger partial charge in [0.05, 0.1) is 12.4 Å². The Labute approximate surface area is 98.6 Å². The van der Waals surface area contributed by atoms with Crippen LogP contribution in [0.1, 0.15) is 12.6 Å². The van der Waals surface area contributed by atoms with Gasteiger partial charge in [0.25, 0.3) is 0 Å². The molecule has 0 aliphatic heterocycles. The van der Waals surface area contributed by atoms with E-state index < -0.39 is 24.0 Å². The molecule has 7 heteroatoms. The first-order valence-corrected chi connectivity index (χ1v) is 5.15. The summed E-state index contributed by atoms with van der Waals surface area (Å²) in [6.45, 7) is 1.50. The predicted molar refractivity (Wildman–Crippen MR) is 60.1 cm³/mol. The zero-order valence-corrected chi connectivity index (χ0v) is 9.75. The number of nitrogens with one attached hydrogen (secondary N) is 1. The van der Waals surface area contributed by atoms with Crippen molar-refractivity contribution in [2.24, 2.45) is 12.8 Å². The summed E-state index contributed by atoms with van der Waals surface area (Å²) in [6, 6.07) is -1.73. The maximum atomic E-state index is 11.3. The van der Waals surface area contributed by atoms with Crippen LogP contribution in [0.3, 0.4) is 0 Å². The second-order valence-electron chi connectivity index (χ2n) is 3.89. The van der Waals surface area contributed by atoms with E-state index in [-0.39, 0.29) is 6.42 Å². The Bertz CT molecular complexity index is 413. The Kier molecular flexibility index (Phi) is 4.22. The second-order valence-corrected chi connectivity index (χ2v) is 3.89. The number of carbonyl (C=O) groups excluding carboxylic acids is 1. The Balaban J connectivity index is 2.71. The van der Waals surface area contributed by atoms with Crippen molar-refractivity contribution in [3.8, 4) is 0 Å². The summed E-state index contributed by atoms with van der Waals surface area (Å²) in [5.74, 6) is -1.58. The minimum Gasteiger partial charge on any atom is -0.480 e. The third kappa shape index (κ3) is 3.56. The summed E-state index contributed by atoms with van der Waals surface area (Å²) in [5, 5.41) is 11.4. The number of aromatic nitrogens is 2. The predicted octanol–water partition coefficient (Wildman–Crippen LogP) is -1.12. The molecule has 7 nitrogen and oxygen atoms in total. The van der Waals surface area contributed by atoms with Gasteiger partial charge in [-0.05, 0) is 6.92 Å². The van der Waals surface area contributed by atoms with Crippen molar-refractivity contribution in [1.82, 2.24) is 14.9 Å². The smallest absolute Gasteiger partial charge is 0.326 e. The molecule has 1 amide bonds. The number of rotatable bonds is 5. The molecule has 1 heterocycles. The van der Waals surface area contributed by atoms with E-state index in [0.717, 1.165) is 5.69 Å². The SMILES string of the molecule is C[C@H](N)C(=O)N[C@@H](Cc1cncn1C)C(=O)O. The highest BCUT2D eigenvalue weighted by atomic mass is 16.4. The van der Waals surface area contributed by atoms with E-state index in [1.807, 2.05) is 0 Å². The molecule has 1 aromatic rings. The number of carbonyl (C=O) groups is 2. The van der Waals surface area contributed by atoms with E-state index >= 15 is 0 Å². The van der Waals surface area contributed by atoms with Crippen LogP contribution in [0.15, 0.2) is 12.5 Å². The maximum absolute atomic E-state index is 11.3. The summed E-state index contributed by atoms with van der Waals surface area (Å²) in [4.78, 5) is 26.2. The van der Waals surface area contributed by atoms with Crippen LogP contribution in [0.4, 0.5) is 0 Å². The quantitative estimate of drug-likeness (QED) is 0.603. The van der Waals surface area contributed by atoms with Gasteiger partial charge in [-0.1, -0.05) is 0 Å². The van der Waals surface area contributed by atoms with Crippen LogP contribution in [-0.4, -0.2) is 38.6 Å². The van der Waals surface area contributed by atoms with Crippen LogP contribution in [0.5, 0.6) is 0 Å². The molecule has 0 bridgehead atoms. The van der Waals surface area contributed by atoms with E-state index in [1.165, 1.54) is 6.92 Å². The van der Waals surface area contributed by atoms with Crippen molar-refractivity contribution in [2.75, 3.05) is 0 Å². The van der Waals surface area contributed by atoms with E-state index in [2.05, 4.69) is 10.3 Å². The number of amides is 1. The third-order valence-electron chi connectivity index (χ3n) is 2.36. The maximum Gasteiger partial charge on any atom is 0.326 e. The van der Waals surface area contributed by atoms with Crippen molar-refractivity contribution >= 4 is 11.9 Å². The van der Waals surface area contributed by atoms with Gasteiger partial charge in [-0.2, -0.15) is 0 Å². The summed E-state index contributed by atoms with van der Waals surface area (Å²) in [6.07, 6.45) is 3.31. The number of aliphatic carboxylic acids is 1. The number of nitrogens with two attached hydrogens (primary N) is 1. The van der Waals surface area contributed by atoms with Gasteiger partial charge in [0.15, 0.2) is 0 Å². The highest BCUT2D eigenvalue weighted by molar-refractivity contribution is 5.86. The Morgan fingerprint density at radius 1 is 1.65 bits per heavy atom. The first-order valence-electron chi connectivity index (χ1n) is 5.15. The highest BCUT2D eigenvalue weighted by Gasteiger charge is 2.22. The topological polar surface area (TPSA) is 110 Å².